The molecule has 0 atom stereocenters. The summed E-state index contributed by atoms with van der Waals surface area (Å²) in [5.41, 5.74) is 0.435. The molecule has 1 heterocycles. The molecule has 4 nitrogen and oxygen atoms in total. The number of thiazole rings is 1. The van der Waals surface area contributed by atoms with Crippen molar-refractivity contribution in [3.8, 4) is 0 Å². The molecule has 1 aromatic rings. The van der Waals surface area contributed by atoms with Crippen LogP contribution in [0.15, 0.2) is 5.38 Å². The van der Waals surface area contributed by atoms with Crippen LogP contribution in [0.25, 0.3) is 0 Å². The third-order valence-corrected chi connectivity index (χ3v) is 3.39. The summed E-state index contributed by atoms with van der Waals surface area (Å²) in [6.07, 6.45) is 0. The fourth-order valence-electron chi connectivity index (χ4n) is 1.79. The number of aromatic nitrogens is 1. The third kappa shape index (κ3) is 3.78. The Hall–Kier alpha value is -0.940. The molecule has 17 heavy (non-hydrogen) atoms. The van der Waals surface area contributed by atoms with Crippen LogP contribution in [0.4, 0.5) is 0 Å². The summed E-state index contributed by atoms with van der Waals surface area (Å²) in [6.45, 7) is 9.13. The number of hydrogen-bond acceptors (Lipinski definition) is 4. The smallest absolute Gasteiger partial charge is 0.242 e. The number of aryl methyl sites for hydroxylation is 1. The maximum absolute atomic E-state index is 12.2. The average molecular weight is 255 g/mol. The molecule has 0 unspecified atom stereocenters. The molecule has 1 amide bonds. The predicted octanol–water partition coefficient (Wildman–Crippen LogP) is 1.80. The first-order valence-electron chi connectivity index (χ1n) is 5.78. The zero-order valence-corrected chi connectivity index (χ0v) is 12.0. The maximum atomic E-state index is 12.2. The van der Waals surface area contributed by atoms with Gasteiger partial charge in [-0.15, -0.1) is 11.3 Å². The highest BCUT2D eigenvalue weighted by atomic mass is 32.1. The van der Waals surface area contributed by atoms with Crippen LogP contribution >= 0.6 is 11.3 Å². The molecule has 96 valence electrons. The molecule has 1 aromatic heterocycles. The molecule has 1 N–H and O–H groups in total. The van der Waals surface area contributed by atoms with Crippen LogP contribution in [-0.2, 0) is 11.3 Å². The number of carbonyl (C=O) groups excluding carboxylic acids is 1. The number of amides is 1. The van der Waals surface area contributed by atoms with Crippen LogP contribution < -0.4 is 5.32 Å². The molecule has 0 aliphatic carbocycles. The Morgan fingerprint density at radius 2 is 2.24 bits per heavy atom. The maximum Gasteiger partial charge on any atom is 0.242 e. The van der Waals surface area contributed by atoms with Crippen LogP contribution in [0.3, 0.4) is 0 Å². The van der Waals surface area contributed by atoms with Gasteiger partial charge in [0.1, 0.15) is 0 Å². The van der Waals surface area contributed by atoms with Crippen molar-refractivity contribution in [3.05, 3.63) is 16.1 Å². The van der Waals surface area contributed by atoms with E-state index in [1.807, 2.05) is 40.1 Å². The molecule has 0 radical (unpaired) electrons. The number of rotatable bonds is 5. The van der Waals surface area contributed by atoms with Crippen LogP contribution in [-0.4, -0.2) is 34.9 Å². The van der Waals surface area contributed by atoms with Gasteiger partial charge in [0.2, 0.25) is 5.91 Å². The largest absolute Gasteiger partial charge is 0.338 e. The Morgan fingerprint density at radius 3 is 2.71 bits per heavy atom. The summed E-state index contributed by atoms with van der Waals surface area (Å²) >= 11 is 1.61. The van der Waals surface area contributed by atoms with Gasteiger partial charge in [0.25, 0.3) is 0 Å². The van der Waals surface area contributed by atoms with E-state index in [4.69, 9.17) is 0 Å². The minimum absolute atomic E-state index is 0.0880. The number of nitrogens with one attached hydrogen (secondary N) is 1. The minimum atomic E-state index is -0.519. The Labute approximate surface area is 107 Å². The highest BCUT2D eigenvalue weighted by Crippen LogP contribution is 2.13. The van der Waals surface area contributed by atoms with Crippen molar-refractivity contribution in [1.82, 2.24) is 15.2 Å². The molecule has 0 spiro atoms. The van der Waals surface area contributed by atoms with Gasteiger partial charge in [0.15, 0.2) is 0 Å². The second-order valence-electron chi connectivity index (χ2n) is 4.67. The zero-order chi connectivity index (χ0) is 13.1. The van der Waals surface area contributed by atoms with Gasteiger partial charge in [-0.2, -0.15) is 0 Å². The van der Waals surface area contributed by atoms with Crippen molar-refractivity contribution in [2.75, 3.05) is 13.6 Å². The van der Waals surface area contributed by atoms with Crippen molar-refractivity contribution < 1.29 is 4.79 Å². The third-order valence-electron chi connectivity index (χ3n) is 2.57. The van der Waals surface area contributed by atoms with Gasteiger partial charge in [-0.3, -0.25) is 4.79 Å². The first kappa shape index (κ1) is 14.1. The molecule has 0 aromatic carbocycles. The van der Waals surface area contributed by atoms with Gasteiger partial charge in [-0.05, 0) is 27.3 Å². The second-order valence-corrected chi connectivity index (χ2v) is 5.74. The Kier molecular flexibility index (Phi) is 4.65. The van der Waals surface area contributed by atoms with Crippen LogP contribution in [0.5, 0.6) is 0 Å². The summed E-state index contributed by atoms with van der Waals surface area (Å²) in [5, 5.41) is 6.22. The SMILES string of the molecule is CCNC(C)(C)C(=O)N(C)Cc1csc(C)n1. The molecule has 0 bridgehead atoms. The Balaban J connectivity index is 2.64. The lowest BCUT2D eigenvalue weighted by Crippen LogP contribution is -2.52. The van der Waals surface area contributed by atoms with E-state index in [-0.39, 0.29) is 5.91 Å². The first-order chi connectivity index (χ1) is 7.86. The number of likely N-dealkylation sites (N-methyl/N-ethyl adjacent to an activating group) is 2. The zero-order valence-electron chi connectivity index (χ0n) is 11.2. The topological polar surface area (TPSA) is 45.2 Å². The number of carbonyl (C=O) groups is 1. The summed E-state index contributed by atoms with van der Waals surface area (Å²) in [7, 11) is 1.82. The molecule has 1 rings (SSSR count). The standard InChI is InChI=1S/C12H21N3OS/c1-6-13-12(3,4)11(16)15(5)7-10-8-17-9(2)14-10/h8,13H,6-7H2,1-5H3. The van der Waals surface area contributed by atoms with Gasteiger partial charge in [-0.25, -0.2) is 4.98 Å². The van der Waals surface area contributed by atoms with Gasteiger partial charge >= 0.3 is 0 Å². The van der Waals surface area contributed by atoms with Crippen LogP contribution in [0.2, 0.25) is 0 Å². The van der Waals surface area contributed by atoms with E-state index in [2.05, 4.69) is 10.3 Å². The number of nitrogens with zero attached hydrogens (tertiary/aromatic N) is 2. The number of hydrogen-bond donors (Lipinski definition) is 1. The van der Waals surface area contributed by atoms with Gasteiger partial charge in [-0.1, -0.05) is 6.92 Å². The highest BCUT2D eigenvalue weighted by molar-refractivity contribution is 7.09. The van der Waals surface area contributed by atoms with E-state index in [1.54, 1.807) is 16.2 Å². The van der Waals surface area contributed by atoms with Crippen molar-refractivity contribution in [2.24, 2.45) is 0 Å². The van der Waals surface area contributed by atoms with Gasteiger partial charge in [0.05, 0.1) is 22.8 Å². The Bertz CT molecular complexity index is 387. The molecule has 0 saturated carbocycles. The van der Waals surface area contributed by atoms with Gasteiger partial charge in [0, 0.05) is 12.4 Å². The molecule has 0 aliphatic heterocycles. The summed E-state index contributed by atoms with van der Waals surface area (Å²) in [6, 6.07) is 0. The first-order valence-corrected chi connectivity index (χ1v) is 6.66. The lowest BCUT2D eigenvalue weighted by atomic mass is 10.0. The van der Waals surface area contributed by atoms with E-state index < -0.39 is 5.54 Å². The summed E-state index contributed by atoms with van der Waals surface area (Å²) < 4.78 is 0. The van der Waals surface area contributed by atoms with Crippen molar-refractivity contribution >= 4 is 17.2 Å². The van der Waals surface area contributed by atoms with E-state index in [1.165, 1.54) is 0 Å². The van der Waals surface area contributed by atoms with E-state index in [9.17, 15) is 4.79 Å². The van der Waals surface area contributed by atoms with Gasteiger partial charge < -0.3 is 10.2 Å². The van der Waals surface area contributed by atoms with E-state index >= 15 is 0 Å². The average Bonchev–Trinajstić information content (AvgIpc) is 2.62. The summed E-state index contributed by atoms with van der Waals surface area (Å²) in [4.78, 5) is 18.3. The normalized spacial score (nSPS) is 11.6. The fraction of sp³-hybridized carbons (Fsp3) is 0.667. The molecule has 0 fully saturated rings. The lowest BCUT2D eigenvalue weighted by Gasteiger charge is -2.29. The quantitative estimate of drug-likeness (QED) is 0.872. The fourth-order valence-corrected chi connectivity index (χ4v) is 2.39. The second kappa shape index (κ2) is 5.60. The molecule has 0 saturated heterocycles. The Morgan fingerprint density at radius 1 is 1.59 bits per heavy atom. The molecular weight excluding hydrogens is 234 g/mol. The summed E-state index contributed by atoms with van der Waals surface area (Å²) in [5.74, 6) is 0.0880. The van der Waals surface area contributed by atoms with Crippen LogP contribution in [0, 0.1) is 6.92 Å². The highest BCUT2D eigenvalue weighted by Gasteiger charge is 2.29. The predicted molar refractivity (Wildman–Crippen MR) is 71.1 cm³/mol. The van der Waals surface area contributed by atoms with E-state index in [0.717, 1.165) is 17.2 Å². The molecule has 5 heteroatoms. The molecule has 0 aliphatic rings. The monoisotopic (exact) mass is 255 g/mol. The molecular formula is C12H21N3OS. The van der Waals surface area contributed by atoms with E-state index in [0.29, 0.717) is 6.54 Å². The minimum Gasteiger partial charge on any atom is -0.338 e. The van der Waals surface area contributed by atoms with Crippen molar-refractivity contribution in [2.45, 2.75) is 39.8 Å². The van der Waals surface area contributed by atoms with Crippen LogP contribution in [0.1, 0.15) is 31.5 Å². The van der Waals surface area contributed by atoms with Crippen molar-refractivity contribution in [1.29, 1.82) is 0 Å². The van der Waals surface area contributed by atoms with Crippen molar-refractivity contribution in [3.63, 3.8) is 0 Å². The lowest BCUT2D eigenvalue weighted by molar-refractivity contribution is -0.136.